The first-order valence-corrected chi connectivity index (χ1v) is 9.49. The standard InChI is InChI=1S/C19H28ClFN2O4/c1-19(2,3)27-18(25)23-13-5-4-12(8-13)22-10-14(24)11-26-15-6-7-16(20)17(21)9-15/h6-7,9,12-14,22,24H,4-5,8,10-11H2,1-3H3,(H,23,25)/t12-,13+,14?/m1/s1. The van der Waals surface area contributed by atoms with Gasteiger partial charge >= 0.3 is 6.09 Å². The third-order valence-corrected chi connectivity index (χ3v) is 4.44. The van der Waals surface area contributed by atoms with Crippen LogP contribution >= 0.6 is 11.6 Å². The lowest BCUT2D eigenvalue weighted by Gasteiger charge is -2.22. The number of aliphatic hydroxyl groups excluding tert-OH is 1. The maximum atomic E-state index is 13.3. The molecule has 1 saturated carbocycles. The van der Waals surface area contributed by atoms with E-state index in [1.807, 2.05) is 20.8 Å². The zero-order valence-corrected chi connectivity index (χ0v) is 16.7. The van der Waals surface area contributed by atoms with E-state index < -0.39 is 23.6 Å². The van der Waals surface area contributed by atoms with Gasteiger partial charge in [0.2, 0.25) is 0 Å². The maximum Gasteiger partial charge on any atom is 0.407 e. The van der Waals surface area contributed by atoms with E-state index in [0.29, 0.717) is 12.3 Å². The highest BCUT2D eigenvalue weighted by Gasteiger charge is 2.27. The summed E-state index contributed by atoms with van der Waals surface area (Å²) in [5.41, 5.74) is -0.516. The Labute approximate surface area is 164 Å². The fourth-order valence-corrected chi connectivity index (χ4v) is 3.01. The first-order chi connectivity index (χ1) is 12.6. The normalized spacial score (nSPS) is 21.0. The molecule has 1 fully saturated rings. The molecule has 0 bridgehead atoms. The summed E-state index contributed by atoms with van der Waals surface area (Å²) < 4.78 is 24.0. The molecule has 1 aromatic carbocycles. The molecule has 152 valence electrons. The minimum absolute atomic E-state index is 0.0281. The zero-order chi connectivity index (χ0) is 20.0. The quantitative estimate of drug-likeness (QED) is 0.652. The van der Waals surface area contributed by atoms with E-state index >= 15 is 0 Å². The van der Waals surface area contributed by atoms with Gasteiger partial charge in [-0.3, -0.25) is 0 Å². The van der Waals surface area contributed by atoms with Crippen molar-refractivity contribution in [3.63, 3.8) is 0 Å². The molecule has 0 spiro atoms. The van der Waals surface area contributed by atoms with Gasteiger partial charge in [0.05, 0.1) is 5.02 Å². The smallest absolute Gasteiger partial charge is 0.407 e. The van der Waals surface area contributed by atoms with Crippen LogP contribution in [0.15, 0.2) is 18.2 Å². The van der Waals surface area contributed by atoms with E-state index in [-0.39, 0.29) is 23.7 Å². The van der Waals surface area contributed by atoms with Crippen LogP contribution in [0.1, 0.15) is 40.0 Å². The molecule has 0 saturated heterocycles. The van der Waals surface area contributed by atoms with Crippen LogP contribution in [-0.4, -0.2) is 48.1 Å². The van der Waals surface area contributed by atoms with Crippen molar-refractivity contribution in [2.24, 2.45) is 0 Å². The molecule has 3 atom stereocenters. The number of ether oxygens (including phenoxy) is 2. The van der Waals surface area contributed by atoms with Gasteiger partial charge in [0.25, 0.3) is 0 Å². The molecule has 1 unspecified atom stereocenters. The topological polar surface area (TPSA) is 79.8 Å². The highest BCUT2D eigenvalue weighted by Crippen LogP contribution is 2.21. The zero-order valence-electron chi connectivity index (χ0n) is 15.9. The molecule has 1 aliphatic rings. The Morgan fingerprint density at radius 3 is 2.74 bits per heavy atom. The van der Waals surface area contributed by atoms with Crippen molar-refractivity contribution < 1.29 is 23.8 Å². The minimum Gasteiger partial charge on any atom is -0.491 e. The summed E-state index contributed by atoms with van der Waals surface area (Å²) in [5.74, 6) is -0.241. The van der Waals surface area contributed by atoms with Gasteiger partial charge in [-0.2, -0.15) is 0 Å². The summed E-state index contributed by atoms with van der Waals surface area (Å²) in [4.78, 5) is 11.8. The van der Waals surface area contributed by atoms with Crippen molar-refractivity contribution in [1.82, 2.24) is 10.6 Å². The number of rotatable bonds is 7. The van der Waals surface area contributed by atoms with E-state index in [2.05, 4.69) is 10.6 Å². The van der Waals surface area contributed by atoms with Crippen LogP contribution in [-0.2, 0) is 4.74 Å². The van der Waals surface area contributed by atoms with Gasteiger partial charge in [-0.15, -0.1) is 0 Å². The number of halogens is 2. The second-order valence-electron chi connectivity index (χ2n) is 7.80. The average Bonchev–Trinajstić information content (AvgIpc) is 2.99. The maximum absolute atomic E-state index is 13.3. The van der Waals surface area contributed by atoms with Crippen LogP contribution < -0.4 is 15.4 Å². The second kappa shape index (κ2) is 9.57. The number of benzene rings is 1. The Kier molecular flexibility index (Phi) is 7.70. The summed E-state index contributed by atoms with van der Waals surface area (Å²) >= 11 is 5.62. The second-order valence-corrected chi connectivity index (χ2v) is 8.21. The van der Waals surface area contributed by atoms with Crippen molar-refractivity contribution in [1.29, 1.82) is 0 Å². The molecule has 27 heavy (non-hydrogen) atoms. The Hall–Kier alpha value is -1.57. The van der Waals surface area contributed by atoms with Gasteiger partial charge in [-0.1, -0.05) is 11.6 Å². The fourth-order valence-electron chi connectivity index (χ4n) is 2.89. The molecular weight excluding hydrogens is 375 g/mol. The summed E-state index contributed by atoms with van der Waals surface area (Å²) in [6.45, 7) is 5.87. The van der Waals surface area contributed by atoms with Crippen molar-refractivity contribution in [3.05, 3.63) is 29.0 Å². The van der Waals surface area contributed by atoms with E-state index in [4.69, 9.17) is 21.1 Å². The van der Waals surface area contributed by atoms with Gasteiger partial charge in [-0.05, 0) is 52.2 Å². The van der Waals surface area contributed by atoms with E-state index in [1.54, 1.807) is 6.07 Å². The van der Waals surface area contributed by atoms with E-state index in [0.717, 1.165) is 19.3 Å². The summed E-state index contributed by atoms with van der Waals surface area (Å²) in [5, 5.41) is 16.2. The highest BCUT2D eigenvalue weighted by atomic mass is 35.5. The van der Waals surface area contributed by atoms with Gasteiger partial charge < -0.3 is 25.2 Å². The molecule has 8 heteroatoms. The number of aliphatic hydroxyl groups is 1. The fraction of sp³-hybridized carbons (Fsp3) is 0.632. The number of hydrogen-bond acceptors (Lipinski definition) is 5. The van der Waals surface area contributed by atoms with Crippen molar-refractivity contribution in [2.45, 2.75) is 63.8 Å². The number of carbonyl (C=O) groups is 1. The van der Waals surface area contributed by atoms with Crippen LogP contribution in [0.5, 0.6) is 5.75 Å². The summed E-state index contributed by atoms with van der Waals surface area (Å²) in [6, 6.07) is 4.41. The molecule has 1 aromatic rings. The third kappa shape index (κ3) is 7.91. The highest BCUT2D eigenvalue weighted by molar-refractivity contribution is 6.30. The lowest BCUT2D eigenvalue weighted by molar-refractivity contribution is 0.0504. The van der Waals surface area contributed by atoms with Crippen LogP contribution in [0.3, 0.4) is 0 Å². The molecule has 1 aliphatic carbocycles. The predicted octanol–water partition coefficient (Wildman–Crippen LogP) is 3.25. The Morgan fingerprint density at radius 2 is 2.07 bits per heavy atom. The van der Waals surface area contributed by atoms with Crippen LogP contribution in [0.2, 0.25) is 5.02 Å². The lowest BCUT2D eigenvalue weighted by atomic mass is 10.2. The predicted molar refractivity (Wildman–Crippen MR) is 102 cm³/mol. The third-order valence-electron chi connectivity index (χ3n) is 4.13. The van der Waals surface area contributed by atoms with E-state index in [1.165, 1.54) is 12.1 Å². The van der Waals surface area contributed by atoms with Crippen molar-refractivity contribution >= 4 is 17.7 Å². The largest absolute Gasteiger partial charge is 0.491 e. The Balaban J connectivity index is 1.65. The molecule has 0 heterocycles. The van der Waals surface area contributed by atoms with E-state index in [9.17, 15) is 14.3 Å². The number of amides is 1. The van der Waals surface area contributed by atoms with Gasteiger partial charge in [0.1, 0.15) is 29.9 Å². The van der Waals surface area contributed by atoms with Crippen molar-refractivity contribution in [3.8, 4) is 5.75 Å². The van der Waals surface area contributed by atoms with Crippen LogP contribution in [0.25, 0.3) is 0 Å². The molecule has 1 amide bonds. The van der Waals surface area contributed by atoms with Crippen molar-refractivity contribution in [2.75, 3.05) is 13.2 Å². The first-order valence-electron chi connectivity index (χ1n) is 9.11. The number of nitrogens with one attached hydrogen (secondary N) is 2. The van der Waals surface area contributed by atoms with Crippen LogP contribution in [0.4, 0.5) is 9.18 Å². The van der Waals surface area contributed by atoms with Gasteiger partial charge in [0, 0.05) is 24.7 Å². The molecular formula is C19H28ClFN2O4. The number of carbonyl (C=O) groups excluding carboxylic acids is 1. The Morgan fingerprint density at radius 1 is 1.37 bits per heavy atom. The number of alkyl carbamates (subject to hydrolysis) is 1. The average molecular weight is 403 g/mol. The Bertz CT molecular complexity index is 639. The molecule has 6 nitrogen and oxygen atoms in total. The van der Waals surface area contributed by atoms with Gasteiger partial charge in [-0.25, -0.2) is 9.18 Å². The lowest BCUT2D eigenvalue weighted by Crippen LogP contribution is -2.40. The summed E-state index contributed by atoms with van der Waals surface area (Å²) in [6.07, 6.45) is 1.39. The van der Waals surface area contributed by atoms with Gasteiger partial charge in [0.15, 0.2) is 0 Å². The monoisotopic (exact) mass is 402 g/mol. The van der Waals surface area contributed by atoms with Crippen LogP contribution in [0, 0.1) is 5.82 Å². The first kappa shape index (κ1) is 21.7. The SMILES string of the molecule is CC(C)(C)OC(=O)N[C@H]1CC[C@@H](NCC(O)COc2ccc(Cl)c(F)c2)C1. The summed E-state index contributed by atoms with van der Waals surface area (Å²) in [7, 11) is 0. The molecule has 3 N–H and O–H groups in total. The minimum atomic E-state index is -0.735. The molecule has 0 radical (unpaired) electrons. The number of hydrogen-bond donors (Lipinski definition) is 3. The molecule has 0 aromatic heterocycles. The molecule has 2 rings (SSSR count). The molecule has 0 aliphatic heterocycles.